The number of carbonyl (C=O) groups is 6. The zero-order valence-electron chi connectivity index (χ0n) is 24.2. The first-order valence-corrected chi connectivity index (χ1v) is 15.4. The summed E-state index contributed by atoms with van der Waals surface area (Å²) in [6.45, 7) is 2.95. The number of fused-ring (bicyclic) bond motifs is 1. The van der Waals surface area contributed by atoms with Crippen LogP contribution in [0.5, 0.6) is 0 Å². The Morgan fingerprint density at radius 2 is 1.74 bits per heavy atom. The van der Waals surface area contributed by atoms with Crippen LogP contribution in [0.3, 0.4) is 0 Å². The first kappa shape index (κ1) is 32.9. The summed E-state index contributed by atoms with van der Waals surface area (Å²) in [6, 6.07) is -3.39. The van der Waals surface area contributed by atoms with Crippen LogP contribution in [0, 0.1) is 5.92 Å². The van der Waals surface area contributed by atoms with Crippen molar-refractivity contribution in [2.45, 2.75) is 88.3 Å². The van der Waals surface area contributed by atoms with Crippen molar-refractivity contribution in [3.63, 3.8) is 0 Å². The van der Waals surface area contributed by atoms with Gasteiger partial charge >= 0.3 is 0 Å². The molecule has 0 bridgehead atoms. The van der Waals surface area contributed by atoms with E-state index in [0.717, 1.165) is 32.1 Å². The van der Waals surface area contributed by atoms with Gasteiger partial charge < -0.3 is 43.0 Å². The monoisotopic (exact) mass is 609 g/mol. The van der Waals surface area contributed by atoms with Crippen molar-refractivity contribution >= 4 is 53.2 Å². The molecule has 0 aromatic carbocycles. The minimum Gasteiger partial charge on any atom is -0.370 e. The second-order valence-electron chi connectivity index (χ2n) is 11.0. The molecule has 0 unspecified atom stereocenters. The number of hydrogen-bond acceptors (Lipinski definition) is 8. The standard InChI is InChI=1S/C26H43N9O6S/c1-14(31-15(2)36)23(39)33-18-13-42-20-12-34(11-19(37)32-17(22(27)38)9-6-10-30-26(28)29)25(41)21(35(20)24(18)40)16-7-4-3-5-8-16/h14,16-18,20-21H,3-13H2,1-2H3,(H2,27,38)(H,31,36)(H,32,37)(H,33,39)(H4,28,29,30)/t14-,17-,18-,20+,21+/m0/s1. The summed E-state index contributed by atoms with van der Waals surface area (Å²) in [5.41, 5.74) is 16.1. The number of nitrogens with one attached hydrogen (secondary N) is 3. The van der Waals surface area contributed by atoms with E-state index in [0.29, 0.717) is 6.42 Å². The Morgan fingerprint density at radius 3 is 2.36 bits per heavy atom. The van der Waals surface area contributed by atoms with Crippen molar-refractivity contribution in [2.24, 2.45) is 28.1 Å². The van der Waals surface area contributed by atoms with Gasteiger partial charge in [-0.2, -0.15) is 0 Å². The lowest BCUT2D eigenvalue weighted by Crippen LogP contribution is -2.70. The van der Waals surface area contributed by atoms with Crippen LogP contribution in [0.4, 0.5) is 0 Å². The molecule has 5 atom stereocenters. The Hall–Kier alpha value is -3.56. The molecule has 234 valence electrons. The van der Waals surface area contributed by atoms with Crippen LogP contribution in [-0.2, 0) is 28.8 Å². The van der Waals surface area contributed by atoms with Crippen molar-refractivity contribution in [1.82, 2.24) is 25.8 Å². The highest BCUT2D eigenvalue weighted by atomic mass is 32.2. The van der Waals surface area contributed by atoms with Crippen molar-refractivity contribution in [3.8, 4) is 0 Å². The largest absolute Gasteiger partial charge is 0.370 e. The van der Waals surface area contributed by atoms with Crippen LogP contribution in [0.1, 0.15) is 58.8 Å². The maximum absolute atomic E-state index is 13.9. The fraction of sp³-hybridized carbons (Fsp3) is 0.731. The first-order valence-electron chi connectivity index (χ1n) is 14.3. The SMILES string of the molecule is CC(=O)N[C@@H](C)C(=O)N[C@H]1CS[C@@H]2CN(CC(=O)N[C@@H](CCCN=C(N)N)C(N)=O)C(=O)[C@@H](C3CCCCC3)N2C1=O. The van der Waals surface area contributed by atoms with Crippen molar-refractivity contribution in [1.29, 1.82) is 0 Å². The summed E-state index contributed by atoms with van der Waals surface area (Å²) in [6.07, 6.45) is 5.10. The number of rotatable bonds is 12. The van der Waals surface area contributed by atoms with Gasteiger partial charge in [0.05, 0.1) is 18.5 Å². The molecule has 15 nitrogen and oxygen atoms in total. The lowest BCUT2D eigenvalue weighted by atomic mass is 9.81. The Labute approximate surface area is 249 Å². The molecule has 2 saturated heterocycles. The van der Waals surface area contributed by atoms with Gasteiger partial charge in [-0.1, -0.05) is 19.3 Å². The van der Waals surface area contributed by atoms with E-state index >= 15 is 0 Å². The van der Waals surface area contributed by atoms with Crippen molar-refractivity contribution in [2.75, 3.05) is 25.4 Å². The smallest absolute Gasteiger partial charge is 0.247 e. The van der Waals surface area contributed by atoms with E-state index in [1.165, 1.54) is 30.5 Å². The van der Waals surface area contributed by atoms with Crippen LogP contribution in [-0.4, -0.2) is 106 Å². The minimum absolute atomic E-state index is 0.0767. The summed E-state index contributed by atoms with van der Waals surface area (Å²) in [7, 11) is 0. The first-order chi connectivity index (χ1) is 19.9. The molecule has 3 fully saturated rings. The van der Waals surface area contributed by atoms with Crippen LogP contribution in [0.15, 0.2) is 4.99 Å². The average Bonchev–Trinajstić information content (AvgIpc) is 2.92. The highest BCUT2D eigenvalue weighted by Gasteiger charge is 2.51. The fourth-order valence-electron chi connectivity index (χ4n) is 5.72. The van der Waals surface area contributed by atoms with Gasteiger partial charge in [-0.3, -0.25) is 33.8 Å². The molecule has 0 aromatic rings. The van der Waals surface area contributed by atoms with Crippen LogP contribution >= 0.6 is 11.8 Å². The van der Waals surface area contributed by atoms with E-state index in [2.05, 4.69) is 20.9 Å². The average molecular weight is 610 g/mol. The van der Waals surface area contributed by atoms with Gasteiger partial charge in [-0.15, -0.1) is 11.8 Å². The lowest BCUT2D eigenvalue weighted by Gasteiger charge is -2.51. The molecule has 9 N–H and O–H groups in total. The molecule has 0 spiro atoms. The maximum atomic E-state index is 13.9. The number of nitrogens with two attached hydrogens (primary N) is 3. The quantitative estimate of drug-likeness (QED) is 0.0792. The third-order valence-electron chi connectivity index (χ3n) is 7.74. The minimum atomic E-state index is -0.952. The number of guanidine groups is 1. The number of primary amides is 1. The van der Waals surface area contributed by atoms with Gasteiger partial charge in [0.2, 0.25) is 35.4 Å². The molecule has 3 aliphatic rings. The normalized spacial score (nSPS) is 24.2. The zero-order chi connectivity index (χ0) is 31.0. The Bertz CT molecular complexity index is 1080. The molecular weight excluding hydrogens is 566 g/mol. The highest BCUT2D eigenvalue weighted by Crippen LogP contribution is 2.38. The summed E-state index contributed by atoms with van der Waals surface area (Å²) in [5, 5.41) is 7.45. The third kappa shape index (κ3) is 8.72. The molecule has 16 heteroatoms. The molecule has 42 heavy (non-hydrogen) atoms. The van der Waals surface area contributed by atoms with Gasteiger partial charge in [0.15, 0.2) is 5.96 Å². The number of carbonyl (C=O) groups excluding carboxylic acids is 6. The Morgan fingerprint density at radius 1 is 1.05 bits per heavy atom. The van der Waals surface area contributed by atoms with Crippen LogP contribution in [0.25, 0.3) is 0 Å². The molecular formula is C26H43N9O6S. The topological polar surface area (TPSA) is 235 Å². The van der Waals surface area contributed by atoms with Gasteiger partial charge in [0.1, 0.15) is 24.2 Å². The number of thioether (sulfide) groups is 1. The van der Waals surface area contributed by atoms with Gasteiger partial charge in [0, 0.05) is 19.2 Å². The summed E-state index contributed by atoms with van der Waals surface area (Å²) < 4.78 is 0. The molecule has 2 heterocycles. The third-order valence-corrected chi connectivity index (χ3v) is 9.03. The molecule has 1 aliphatic carbocycles. The number of piperazine rings is 1. The Balaban J connectivity index is 1.72. The van der Waals surface area contributed by atoms with E-state index in [-0.39, 0.29) is 61.4 Å². The number of hydrogen-bond donors (Lipinski definition) is 6. The predicted molar refractivity (Wildman–Crippen MR) is 156 cm³/mol. The highest BCUT2D eigenvalue weighted by molar-refractivity contribution is 8.00. The molecule has 0 aromatic heterocycles. The zero-order valence-corrected chi connectivity index (χ0v) is 25.0. The summed E-state index contributed by atoms with van der Waals surface area (Å²) in [4.78, 5) is 83.5. The Kier molecular flexibility index (Phi) is 11.8. The van der Waals surface area contributed by atoms with Gasteiger partial charge in [-0.25, -0.2) is 0 Å². The second kappa shape index (κ2) is 15.1. The van der Waals surface area contributed by atoms with Crippen LogP contribution in [0.2, 0.25) is 0 Å². The second-order valence-corrected chi connectivity index (χ2v) is 12.3. The molecule has 1 saturated carbocycles. The van der Waals surface area contributed by atoms with Gasteiger partial charge in [0.25, 0.3) is 0 Å². The van der Waals surface area contributed by atoms with Crippen LogP contribution < -0.4 is 33.2 Å². The number of amides is 6. The van der Waals surface area contributed by atoms with E-state index < -0.39 is 47.3 Å². The van der Waals surface area contributed by atoms with E-state index in [1.54, 1.807) is 4.90 Å². The van der Waals surface area contributed by atoms with E-state index in [9.17, 15) is 28.8 Å². The molecule has 2 aliphatic heterocycles. The molecule has 0 radical (unpaired) electrons. The molecule has 3 rings (SSSR count). The fourth-order valence-corrected chi connectivity index (χ4v) is 7.04. The van der Waals surface area contributed by atoms with E-state index in [4.69, 9.17) is 17.2 Å². The lowest BCUT2D eigenvalue weighted by molar-refractivity contribution is -0.159. The summed E-state index contributed by atoms with van der Waals surface area (Å²) >= 11 is 1.43. The van der Waals surface area contributed by atoms with Crippen molar-refractivity contribution < 1.29 is 28.8 Å². The molecule has 6 amide bonds. The summed E-state index contributed by atoms with van der Waals surface area (Å²) in [5.74, 6) is -2.64. The van der Waals surface area contributed by atoms with Crippen molar-refractivity contribution in [3.05, 3.63) is 0 Å². The number of aliphatic imine (C=N–C) groups is 1. The van der Waals surface area contributed by atoms with Gasteiger partial charge in [-0.05, 0) is 38.5 Å². The van der Waals surface area contributed by atoms with E-state index in [1.807, 2.05) is 0 Å². The maximum Gasteiger partial charge on any atom is 0.247 e. The number of nitrogens with zero attached hydrogens (tertiary/aromatic N) is 3. The predicted octanol–water partition coefficient (Wildman–Crippen LogP) is -2.29.